The Morgan fingerprint density at radius 3 is 2.95 bits per heavy atom. The van der Waals surface area contributed by atoms with Crippen molar-refractivity contribution in [1.29, 1.82) is 0 Å². The van der Waals surface area contributed by atoms with E-state index < -0.39 is 0 Å². The molecule has 3 aliphatic rings. The summed E-state index contributed by atoms with van der Waals surface area (Å²) in [5.41, 5.74) is 2.53. The predicted molar refractivity (Wildman–Crippen MR) is 73.5 cm³/mol. The smallest absolute Gasteiger partial charge is 0.414 e. The van der Waals surface area contributed by atoms with E-state index in [-0.39, 0.29) is 12.2 Å². The Hall–Kier alpha value is -1.45. The van der Waals surface area contributed by atoms with Gasteiger partial charge in [-0.05, 0) is 50.2 Å². The number of allylic oxidation sites excluding steroid dienone is 1. The van der Waals surface area contributed by atoms with Crippen LogP contribution in [0.2, 0.25) is 0 Å². The summed E-state index contributed by atoms with van der Waals surface area (Å²) in [6.07, 6.45) is 11.7. The van der Waals surface area contributed by atoms with E-state index in [1.54, 1.807) is 4.90 Å². The van der Waals surface area contributed by atoms with E-state index in [0.29, 0.717) is 6.54 Å². The molecule has 0 aromatic rings. The second-order valence-electron chi connectivity index (χ2n) is 5.63. The lowest BCUT2D eigenvalue weighted by molar-refractivity contribution is 0.0561. The van der Waals surface area contributed by atoms with Gasteiger partial charge in [-0.1, -0.05) is 6.42 Å². The van der Waals surface area contributed by atoms with Gasteiger partial charge in [-0.3, -0.25) is 4.90 Å². The molecule has 0 aromatic heterocycles. The summed E-state index contributed by atoms with van der Waals surface area (Å²) in [7, 11) is 0. The number of hydrogen-bond donors (Lipinski definition) is 1. The zero-order chi connectivity index (χ0) is 13.1. The normalized spacial score (nSPS) is 23.9. The van der Waals surface area contributed by atoms with Crippen molar-refractivity contribution in [1.82, 2.24) is 10.2 Å². The van der Waals surface area contributed by atoms with E-state index in [9.17, 15) is 4.79 Å². The van der Waals surface area contributed by atoms with Gasteiger partial charge in [-0.15, -0.1) is 0 Å². The highest BCUT2D eigenvalue weighted by Crippen LogP contribution is 2.24. The molecule has 19 heavy (non-hydrogen) atoms. The zero-order valence-corrected chi connectivity index (χ0v) is 11.4. The summed E-state index contributed by atoms with van der Waals surface area (Å²) >= 11 is 0. The molecule has 0 aromatic carbocycles. The molecule has 2 aliphatic heterocycles. The number of rotatable bonds is 1. The highest BCUT2D eigenvalue weighted by molar-refractivity contribution is 5.70. The van der Waals surface area contributed by atoms with Gasteiger partial charge in [0.2, 0.25) is 0 Å². The number of nitrogens with one attached hydrogen (secondary N) is 1. The van der Waals surface area contributed by atoms with Crippen LogP contribution in [-0.4, -0.2) is 30.2 Å². The van der Waals surface area contributed by atoms with Crippen molar-refractivity contribution in [2.45, 2.75) is 51.0 Å². The first-order chi connectivity index (χ1) is 9.33. The summed E-state index contributed by atoms with van der Waals surface area (Å²) in [6.45, 7) is 1.72. The van der Waals surface area contributed by atoms with Gasteiger partial charge < -0.3 is 10.1 Å². The summed E-state index contributed by atoms with van der Waals surface area (Å²) in [6, 6.07) is 0. The van der Waals surface area contributed by atoms with E-state index >= 15 is 0 Å². The van der Waals surface area contributed by atoms with Crippen molar-refractivity contribution >= 4 is 6.09 Å². The van der Waals surface area contributed by atoms with Crippen molar-refractivity contribution in [2.24, 2.45) is 0 Å². The standard InChI is InChI=1S/C15H22N2O2/c18-15(19-13-6-2-1-3-7-13)17-10-8-14-12(11-17)5-4-9-16-14/h8,10,13,16H,1-7,9,11H2. The largest absolute Gasteiger partial charge is 0.446 e. The third-order valence-corrected chi connectivity index (χ3v) is 4.19. The summed E-state index contributed by atoms with van der Waals surface area (Å²) in [5, 5.41) is 3.38. The van der Waals surface area contributed by atoms with Crippen LogP contribution in [-0.2, 0) is 4.74 Å². The number of amides is 1. The first-order valence-electron chi connectivity index (χ1n) is 7.44. The molecule has 104 valence electrons. The molecule has 0 radical (unpaired) electrons. The quantitative estimate of drug-likeness (QED) is 0.790. The zero-order valence-electron chi connectivity index (χ0n) is 11.4. The van der Waals surface area contributed by atoms with E-state index in [1.165, 1.54) is 30.5 Å². The maximum absolute atomic E-state index is 12.2. The Balaban J connectivity index is 1.56. The molecule has 1 N–H and O–H groups in total. The monoisotopic (exact) mass is 262 g/mol. The van der Waals surface area contributed by atoms with Crippen LogP contribution >= 0.6 is 0 Å². The number of carbonyl (C=O) groups is 1. The van der Waals surface area contributed by atoms with Crippen LogP contribution in [0.3, 0.4) is 0 Å². The molecule has 1 aliphatic carbocycles. The van der Waals surface area contributed by atoms with Crippen LogP contribution in [0.15, 0.2) is 23.5 Å². The van der Waals surface area contributed by atoms with Crippen LogP contribution in [0.1, 0.15) is 44.9 Å². The first kappa shape index (κ1) is 12.6. The fraction of sp³-hybridized carbons (Fsp3) is 0.667. The number of hydrogen-bond acceptors (Lipinski definition) is 3. The average Bonchev–Trinajstić information content (AvgIpc) is 2.48. The van der Waals surface area contributed by atoms with Crippen LogP contribution < -0.4 is 5.32 Å². The fourth-order valence-electron chi connectivity index (χ4n) is 3.07. The Morgan fingerprint density at radius 1 is 1.26 bits per heavy atom. The minimum atomic E-state index is -0.180. The molecule has 4 heteroatoms. The van der Waals surface area contributed by atoms with Crippen molar-refractivity contribution in [3.8, 4) is 0 Å². The number of ether oxygens (including phenoxy) is 1. The van der Waals surface area contributed by atoms with Crippen LogP contribution in [0.25, 0.3) is 0 Å². The highest BCUT2D eigenvalue weighted by Gasteiger charge is 2.24. The molecule has 1 saturated carbocycles. The second kappa shape index (κ2) is 5.68. The lowest BCUT2D eigenvalue weighted by atomic mass is 9.98. The van der Waals surface area contributed by atoms with Crippen LogP contribution in [0, 0.1) is 0 Å². The SMILES string of the molecule is O=C(OC1CCCCC1)N1C=CC2=C(CCCN2)C1. The van der Waals surface area contributed by atoms with E-state index in [1.807, 2.05) is 12.3 Å². The van der Waals surface area contributed by atoms with Crippen molar-refractivity contribution < 1.29 is 9.53 Å². The van der Waals surface area contributed by atoms with Crippen molar-refractivity contribution in [2.75, 3.05) is 13.1 Å². The van der Waals surface area contributed by atoms with Gasteiger partial charge in [-0.2, -0.15) is 0 Å². The lowest BCUT2D eigenvalue weighted by Crippen LogP contribution is -2.36. The van der Waals surface area contributed by atoms with Crippen molar-refractivity contribution in [3.05, 3.63) is 23.5 Å². The molecule has 1 fully saturated rings. The highest BCUT2D eigenvalue weighted by atomic mass is 16.6. The molecule has 0 bridgehead atoms. The summed E-state index contributed by atoms with van der Waals surface area (Å²) in [5.74, 6) is 0. The topological polar surface area (TPSA) is 41.6 Å². The van der Waals surface area contributed by atoms with Crippen molar-refractivity contribution in [3.63, 3.8) is 0 Å². The van der Waals surface area contributed by atoms with Crippen LogP contribution in [0.4, 0.5) is 4.79 Å². The van der Waals surface area contributed by atoms with E-state index in [0.717, 1.165) is 32.2 Å². The number of nitrogens with zero attached hydrogens (tertiary/aromatic N) is 1. The minimum absolute atomic E-state index is 0.134. The van der Waals surface area contributed by atoms with Gasteiger partial charge in [0.15, 0.2) is 0 Å². The minimum Gasteiger partial charge on any atom is -0.446 e. The summed E-state index contributed by atoms with van der Waals surface area (Å²) < 4.78 is 5.60. The Kier molecular flexibility index (Phi) is 3.76. The Bertz CT molecular complexity index is 408. The van der Waals surface area contributed by atoms with Gasteiger partial charge >= 0.3 is 6.09 Å². The molecule has 3 rings (SSSR count). The van der Waals surface area contributed by atoms with E-state index in [2.05, 4.69) is 5.32 Å². The molecule has 0 unspecified atom stereocenters. The lowest BCUT2D eigenvalue weighted by Gasteiger charge is -2.30. The average molecular weight is 262 g/mol. The Labute approximate surface area is 114 Å². The van der Waals surface area contributed by atoms with Gasteiger partial charge in [0, 0.05) is 18.4 Å². The molecular formula is C15H22N2O2. The number of carbonyl (C=O) groups excluding carboxylic acids is 1. The van der Waals surface area contributed by atoms with Crippen LogP contribution in [0.5, 0.6) is 0 Å². The molecular weight excluding hydrogens is 240 g/mol. The van der Waals surface area contributed by atoms with E-state index in [4.69, 9.17) is 4.74 Å². The molecule has 4 nitrogen and oxygen atoms in total. The first-order valence-corrected chi connectivity index (χ1v) is 7.44. The molecule has 0 spiro atoms. The molecule has 1 amide bonds. The predicted octanol–water partition coefficient (Wildman–Crippen LogP) is 2.92. The third kappa shape index (κ3) is 2.94. The third-order valence-electron chi connectivity index (χ3n) is 4.19. The molecule has 0 atom stereocenters. The summed E-state index contributed by atoms with van der Waals surface area (Å²) in [4.78, 5) is 13.9. The maximum Gasteiger partial charge on any atom is 0.414 e. The second-order valence-corrected chi connectivity index (χ2v) is 5.63. The van der Waals surface area contributed by atoms with Gasteiger partial charge in [0.1, 0.15) is 6.10 Å². The van der Waals surface area contributed by atoms with Gasteiger partial charge in [0.25, 0.3) is 0 Å². The molecule has 2 heterocycles. The fourth-order valence-corrected chi connectivity index (χ4v) is 3.07. The Morgan fingerprint density at radius 2 is 2.11 bits per heavy atom. The maximum atomic E-state index is 12.2. The van der Waals surface area contributed by atoms with Gasteiger partial charge in [0.05, 0.1) is 6.54 Å². The molecule has 0 saturated heterocycles. The van der Waals surface area contributed by atoms with Gasteiger partial charge in [-0.25, -0.2) is 4.79 Å².